The molecular weight excluding hydrogens is 422 g/mol. The van der Waals surface area contributed by atoms with Crippen LogP contribution in [0.4, 0.5) is 17.2 Å². The Labute approximate surface area is 187 Å². The molecule has 0 saturated carbocycles. The summed E-state index contributed by atoms with van der Waals surface area (Å²) >= 11 is 6.04. The van der Waals surface area contributed by atoms with E-state index in [-0.39, 0.29) is 25.4 Å². The molecule has 0 bridgehead atoms. The number of carbonyl (C=O) groups is 1. The van der Waals surface area contributed by atoms with E-state index in [0.717, 1.165) is 34.1 Å². The lowest BCUT2D eigenvalue weighted by molar-refractivity contribution is -0.117. The molecule has 1 aromatic carbocycles. The van der Waals surface area contributed by atoms with Gasteiger partial charge in [-0.25, -0.2) is 9.67 Å². The van der Waals surface area contributed by atoms with Crippen molar-refractivity contribution in [3.8, 4) is 0 Å². The number of halogens is 1. The molecule has 10 heteroatoms. The Hall–Kier alpha value is -2.78. The fourth-order valence-corrected chi connectivity index (χ4v) is 3.50. The zero-order valence-electron chi connectivity index (χ0n) is 17.0. The van der Waals surface area contributed by atoms with E-state index >= 15 is 0 Å². The van der Waals surface area contributed by atoms with Gasteiger partial charge in [0.2, 0.25) is 5.91 Å². The van der Waals surface area contributed by atoms with E-state index in [2.05, 4.69) is 25.9 Å². The van der Waals surface area contributed by atoms with E-state index in [1.165, 1.54) is 0 Å². The van der Waals surface area contributed by atoms with Crippen LogP contribution in [0.5, 0.6) is 0 Å². The van der Waals surface area contributed by atoms with Crippen LogP contribution in [0.3, 0.4) is 0 Å². The van der Waals surface area contributed by atoms with Gasteiger partial charge in [0.15, 0.2) is 0 Å². The number of fused-ring (bicyclic) bond motifs is 1. The Morgan fingerprint density at radius 1 is 1.30 bits per heavy atom. The van der Waals surface area contributed by atoms with Gasteiger partial charge in [-0.3, -0.25) is 4.79 Å². The van der Waals surface area contributed by atoms with Crippen LogP contribution in [0.2, 0.25) is 5.02 Å². The first-order valence-corrected chi connectivity index (χ1v) is 9.71. The van der Waals surface area contributed by atoms with Crippen molar-refractivity contribution in [2.75, 3.05) is 22.6 Å². The zero-order chi connectivity index (χ0) is 20.5. The molecule has 158 valence electrons. The number of likely N-dealkylation sites (N-methyl/N-ethyl adjacent to an activating group) is 1. The molecule has 8 nitrogen and oxygen atoms in total. The molecule has 4 rings (SSSR count). The van der Waals surface area contributed by atoms with Gasteiger partial charge in [-0.15, -0.1) is 5.10 Å². The summed E-state index contributed by atoms with van der Waals surface area (Å²) < 4.78 is 1.78. The van der Waals surface area contributed by atoms with Crippen molar-refractivity contribution >= 4 is 48.2 Å². The van der Waals surface area contributed by atoms with E-state index in [0.29, 0.717) is 18.1 Å². The number of aromatic nitrogens is 4. The largest absolute Gasteiger partial charge is 0.364 e. The lowest BCUT2D eigenvalue weighted by Crippen LogP contribution is -2.44. The highest BCUT2D eigenvalue weighted by atomic mass is 35.5. The van der Waals surface area contributed by atoms with E-state index < -0.39 is 0 Å². The fourth-order valence-electron chi connectivity index (χ4n) is 3.29. The molecule has 0 spiro atoms. The van der Waals surface area contributed by atoms with Crippen molar-refractivity contribution in [1.29, 1.82) is 0 Å². The number of hydrogen-bond donors (Lipinski definition) is 2. The number of hydrogen-bond acceptors (Lipinski definition) is 6. The minimum atomic E-state index is -0.233. The van der Waals surface area contributed by atoms with Crippen LogP contribution >= 0.6 is 25.1 Å². The molecule has 3 heterocycles. The van der Waals surface area contributed by atoms with Gasteiger partial charge >= 0.3 is 0 Å². The third-order valence-electron chi connectivity index (χ3n) is 5.04. The predicted molar refractivity (Wildman–Crippen MR) is 124 cm³/mol. The van der Waals surface area contributed by atoms with Gasteiger partial charge in [0.25, 0.3) is 0 Å². The van der Waals surface area contributed by atoms with Gasteiger partial charge < -0.3 is 15.5 Å². The molecule has 0 saturated heterocycles. The molecule has 30 heavy (non-hydrogen) atoms. The average Bonchev–Trinajstić information content (AvgIpc) is 3.13. The second-order valence-electron chi connectivity index (χ2n) is 7.15. The number of anilines is 3. The van der Waals surface area contributed by atoms with Gasteiger partial charge in [-0.2, -0.15) is 13.5 Å². The molecule has 1 amide bonds. The molecule has 1 aliphatic rings. The molecule has 1 aliphatic heterocycles. The van der Waals surface area contributed by atoms with Crippen LogP contribution < -0.4 is 15.5 Å². The SMILES string of the molecule is Cc1nc(NCc2cn(Cc3cccc(Cl)c3)nn2)cc2c1NC(=O)[C@H](C)N2C.S. The number of rotatable bonds is 5. The summed E-state index contributed by atoms with van der Waals surface area (Å²) in [6.07, 6.45) is 1.90. The molecule has 0 fully saturated rings. The highest BCUT2D eigenvalue weighted by molar-refractivity contribution is 7.59. The number of pyridine rings is 1. The average molecular weight is 446 g/mol. The Morgan fingerprint density at radius 3 is 2.87 bits per heavy atom. The molecule has 1 atom stereocenters. The number of benzene rings is 1. The molecule has 2 aromatic heterocycles. The fraction of sp³-hybridized carbons (Fsp3) is 0.300. The molecule has 0 unspecified atom stereocenters. The van der Waals surface area contributed by atoms with Crippen molar-refractivity contribution in [3.05, 3.63) is 58.5 Å². The number of amides is 1. The van der Waals surface area contributed by atoms with Crippen LogP contribution in [0.15, 0.2) is 36.5 Å². The monoisotopic (exact) mass is 445 g/mol. The molecule has 0 radical (unpaired) electrons. The van der Waals surface area contributed by atoms with Crippen LogP contribution in [0, 0.1) is 6.92 Å². The van der Waals surface area contributed by atoms with Crippen molar-refractivity contribution in [2.45, 2.75) is 33.0 Å². The van der Waals surface area contributed by atoms with Crippen LogP contribution in [0.25, 0.3) is 0 Å². The first-order chi connectivity index (χ1) is 13.9. The number of carbonyl (C=O) groups excluding carboxylic acids is 1. The number of nitrogens with one attached hydrogen (secondary N) is 2. The van der Waals surface area contributed by atoms with Gasteiger partial charge in [0.1, 0.15) is 17.6 Å². The number of aryl methyl sites for hydroxylation is 1. The third kappa shape index (κ3) is 4.52. The van der Waals surface area contributed by atoms with Crippen LogP contribution in [0.1, 0.15) is 23.9 Å². The van der Waals surface area contributed by atoms with Gasteiger partial charge in [0.05, 0.1) is 36.4 Å². The lowest BCUT2D eigenvalue weighted by atomic mass is 10.1. The predicted octanol–water partition coefficient (Wildman–Crippen LogP) is 3.18. The van der Waals surface area contributed by atoms with E-state index in [4.69, 9.17) is 11.6 Å². The highest BCUT2D eigenvalue weighted by Crippen LogP contribution is 2.34. The smallest absolute Gasteiger partial charge is 0.246 e. The summed E-state index contributed by atoms with van der Waals surface area (Å²) in [5.41, 5.74) is 4.33. The third-order valence-corrected chi connectivity index (χ3v) is 5.27. The summed E-state index contributed by atoms with van der Waals surface area (Å²) in [6, 6.07) is 9.39. The minimum Gasteiger partial charge on any atom is -0.364 e. The van der Waals surface area contributed by atoms with Gasteiger partial charge in [0, 0.05) is 18.1 Å². The Bertz CT molecular complexity index is 1070. The first-order valence-electron chi connectivity index (χ1n) is 9.33. The number of nitrogens with zero attached hydrogens (tertiary/aromatic N) is 5. The maximum absolute atomic E-state index is 12.0. The highest BCUT2D eigenvalue weighted by Gasteiger charge is 2.28. The van der Waals surface area contributed by atoms with Crippen LogP contribution in [-0.2, 0) is 17.9 Å². The minimum absolute atomic E-state index is 0. The van der Waals surface area contributed by atoms with E-state index in [1.54, 1.807) is 4.68 Å². The second kappa shape index (κ2) is 8.93. The topological polar surface area (TPSA) is 88.0 Å². The molecule has 2 N–H and O–H groups in total. The molecular formula is C20H24ClN7OS. The quantitative estimate of drug-likeness (QED) is 0.627. The second-order valence-corrected chi connectivity index (χ2v) is 7.59. The normalized spacial score (nSPS) is 15.3. The van der Waals surface area contributed by atoms with E-state index in [9.17, 15) is 4.79 Å². The first kappa shape index (κ1) is 21.9. The maximum Gasteiger partial charge on any atom is 0.246 e. The summed E-state index contributed by atoms with van der Waals surface area (Å²) in [6.45, 7) is 4.85. The van der Waals surface area contributed by atoms with Gasteiger partial charge in [-0.1, -0.05) is 28.9 Å². The van der Waals surface area contributed by atoms with Crippen LogP contribution in [-0.4, -0.2) is 39.0 Å². The van der Waals surface area contributed by atoms with Crippen molar-refractivity contribution in [3.63, 3.8) is 0 Å². The molecule has 3 aromatic rings. The van der Waals surface area contributed by atoms with Crippen molar-refractivity contribution in [2.24, 2.45) is 0 Å². The Kier molecular flexibility index (Phi) is 6.52. The zero-order valence-corrected chi connectivity index (χ0v) is 18.7. The van der Waals surface area contributed by atoms with E-state index in [1.807, 2.05) is 62.3 Å². The summed E-state index contributed by atoms with van der Waals surface area (Å²) in [7, 11) is 1.91. The standard InChI is InChI=1S/C20H22ClN7O.H2S/c1-12-19-17(27(3)13(2)20(29)24-19)8-18(23-12)22-9-16-11-28(26-25-16)10-14-5-4-6-15(21)7-14;/h4-8,11,13H,9-10H2,1-3H3,(H,22,23)(H,24,29);1H2/t13-;/m0./s1. The summed E-state index contributed by atoms with van der Waals surface area (Å²) in [5, 5.41) is 15.3. The Balaban J connectivity index is 0.00000256. The summed E-state index contributed by atoms with van der Waals surface area (Å²) in [5.74, 6) is 0.697. The Morgan fingerprint density at radius 2 is 2.10 bits per heavy atom. The summed E-state index contributed by atoms with van der Waals surface area (Å²) in [4.78, 5) is 18.6. The van der Waals surface area contributed by atoms with Crippen molar-refractivity contribution < 1.29 is 4.79 Å². The van der Waals surface area contributed by atoms with Gasteiger partial charge in [-0.05, 0) is 31.5 Å². The molecule has 0 aliphatic carbocycles. The lowest BCUT2D eigenvalue weighted by Gasteiger charge is -2.34. The van der Waals surface area contributed by atoms with Crippen molar-refractivity contribution in [1.82, 2.24) is 20.0 Å². The maximum atomic E-state index is 12.0.